The molecule has 0 unspecified atom stereocenters. The Hall–Kier alpha value is -2.16. The molecule has 2 fully saturated rings. The average Bonchev–Trinajstić information content (AvgIpc) is 3.35. The number of aromatic nitrogens is 3. The minimum atomic E-state index is -3.22. The third-order valence-corrected chi connectivity index (χ3v) is 7.42. The van der Waals surface area contributed by atoms with E-state index in [0.717, 1.165) is 55.5 Å². The van der Waals surface area contributed by atoms with Crippen LogP contribution < -0.4 is 9.64 Å². The number of ether oxygens (including phenoxy) is 1. The first-order valence-corrected chi connectivity index (χ1v) is 13.0. The van der Waals surface area contributed by atoms with Crippen molar-refractivity contribution in [2.75, 3.05) is 30.9 Å². The molecule has 0 amide bonds. The molecular formula is C22H32N4O4S. The van der Waals surface area contributed by atoms with Gasteiger partial charge < -0.3 is 14.2 Å². The van der Waals surface area contributed by atoms with Gasteiger partial charge in [-0.2, -0.15) is 4.98 Å². The van der Waals surface area contributed by atoms with E-state index in [2.05, 4.69) is 33.9 Å². The Balaban J connectivity index is 1.17. The largest absolute Gasteiger partial charge is 0.478 e. The van der Waals surface area contributed by atoms with Gasteiger partial charge in [-0.1, -0.05) is 13.8 Å². The maximum Gasteiger partial charge on any atom is 0.266 e. The molecule has 0 radical (unpaired) electrons. The molecular weight excluding hydrogens is 416 g/mol. The maximum atomic E-state index is 11.5. The van der Waals surface area contributed by atoms with Crippen LogP contribution in [0.25, 0.3) is 0 Å². The predicted molar refractivity (Wildman–Crippen MR) is 117 cm³/mol. The molecule has 4 rings (SSSR count). The van der Waals surface area contributed by atoms with E-state index in [9.17, 15) is 8.42 Å². The van der Waals surface area contributed by atoms with Crippen molar-refractivity contribution in [2.24, 2.45) is 23.7 Å². The number of nitrogens with zero attached hydrogens (tertiary/aromatic N) is 4. The highest BCUT2D eigenvalue weighted by molar-refractivity contribution is 7.90. The normalized spacial score (nSPS) is 22.1. The Morgan fingerprint density at radius 2 is 2.03 bits per heavy atom. The lowest BCUT2D eigenvalue weighted by Crippen LogP contribution is -2.35. The summed E-state index contributed by atoms with van der Waals surface area (Å²) in [5.41, 5.74) is 0. The Morgan fingerprint density at radius 3 is 2.68 bits per heavy atom. The van der Waals surface area contributed by atoms with Crippen LogP contribution in [-0.4, -0.2) is 49.5 Å². The molecule has 1 aliphatic carbocycles. The number of rotatable bonds is 9. The zero-order valence-corrected chi connectivity index (χ0v) is 19.3. The molecule has 0 bridgehead atoms. The molecule has 2 aromatic rings. The number of anilines is 1. The van der Waals surface area contributed by atoms with Crippen LogP contribution in [0.3, 0.4) is 0 Å². The summed E-state index contributed by atoms with van der Waals surface area (Å²) < 4.78 is 34.1. The molecule has 0 spiro atoms. The van der Waals surface area contributed by atoms with E-state index in [1.54, 1.807) is 12.1 Å². The number of piperidine rings is 1. The molecule has 31 heavy (non-hydrogen) atoms. The standard InChI is InChI=1S/C22H32N4O4S/c1-15(2)12-21-24-22(25-30-21)26-9-6-16(7-10-26)19-13-17(19)8-11-29-20-5-4-18(14-23-20)31(3,27)28/h4-5,14-17,19H,6-13H2,1-3H3/t17-,19-/m1/s1. The monoisotopic (exact) mass is 448 g/mol. The van der Waals surface area contributed by atoms with Gasteiger partial charge in [-0.25, -0.2) is 13.4 Å². The molecule has 0 aromatic carbocycles. The summed E-state index contributed by atoms with van der Waals surface area (Å²) in [6.07, 6.45) is 7.99. The molecule has 0 N–H and O–H groups in total. The number of pyridine rings is 1. The Kier molecular flexibility index (Phi) is 6.50. The summed E-state index contributed by atoms with van der Waals surface area (Å²) in [5, 5.41) is 4.17. The van der Waals surface area contributed by atoms with Crippen molar-refractivity contribution >= 4 is 15.8 Å². The zero-order valence-electron chi connectivity index (χ0n) is 18.5. The maximum absolute atomic E-state index is 11.5. The van der Waals surface area contributed by atoms with Crippen LogP contribution in [0.5, 0.6) is 5.88 Å². The molecule has 1 saturated carbocycles. The van der Waals surface area contributed by atoms with Gasteiger partial charge in [-0.15, -0.1) is 0 Å². The fourth-order valence-electron chi connectivity index (χ4n) is 4.50. The molecule has 1 saturated heterocycles. The van der Waals surface area contributed by atoms with Crippen molar-refractivity contribution in [3.63, 3.8) is 0 Å². The van der Waals surface area contributed by atoms with Gasteiger partial charge in [0.2, 0.25) is 11.8 Å². The summed E-state index contributed by atoms with van der Waals surface area (Å²) >= 11 is 0. The second-order valence-electron chi connectivity index (χ2n) is 9.31. The van der Waals surface area contributed by atoms with Crippen molar-refractivity contribution in [1.82, 2.24) is 15.1 Å². The average molecular weight is 449 g/mol. The van der Waals surface area contributed by atoms with Crippen LogP contribution in [0, 0.1) is 23.7 Å². The summed E-state index contributed by atoms with van der Waals surface area (Å²) in [5.74, 6) is 4.73. The zero-order chi connectivity index (χ0) is 22.0. The van der Waals surface area contributed by atoms with Crippen molar-refractivity contribution in [2.45, 2.75) is 50.8 Å². The quantitative estimate of drug-likeness (QED) is 0.576. The van der Waals surface area contributed by atoms with Crippen molar-refractivity contribution in [3.05, 3.63) is 24.2 Å². The number of hydrogen-bond acceptors (Lipinski definition) is 8. The highest BCUT2D eigenvalue weighted by Gasteiger charge is 2.43. The summed E-state index contributed by atoms with van der Waals surface area (Å²) in [7, 11) is -3.22. The highest BCUT2D eigenvalue weighted by Crippen LogP contribution is 2.49. The third kappa shape index (κ3) is 5.75. The summed E-state index contributed by atoms with van der Waals surface area (Å²) in [6, 6.07) is 3.17. The minimum absolute atomic E-state index is 0.213. The molecule has 3 heterocycles. The van der Waals surface area contributed by atoms with E-state index in [0.29, 0.717) is 18.4 Å². The molecule has 9 heteroatoms. The molecule has 2 aliphatic rings. The van der Waals surface area contributed by atoms with Crippen molar-refractivity contribution < 1.29 is 17.7 Å². The van der Waals surface area contributed by atoms with Gasteiger partial charge in [-0.05, 0) is 60.6 Å². The van der Waals surface area contributed by atoms with E-state index in [-0.39, 0.29) is 4.90 Å². The first-order chi connectivity index (χ1) is 14.8. The lowest BCUT2D eigenvalue weighted by Gasteiger charge is -2.31. The second kappa shape index (κ2) is 9.14. The van der Waals surface area contributed by atoms with Crippen LogP contribution in [0.2, 0.25) is 0 Å². The first kappa shape index (κ1) is 22.0. The smallest absolute Gasteiger partial charge is 0.266 e. The molecule has 8 nitrogen and oxygen atoms in total. The molecule has 1 aliphatic heterocycles. The van der Waals surface area contributed by atoms with Crippen LogP contribution in [-0.2, 0) is 16.3 Å². The highest BCUT2D eigenvalue weighted by atomic mass is 32.2. The lowest BCUT2D eigenvalue weighted by molar-refractivity contribution is 0.275. The van der Waals surface area contributed by atoms with Crippen molar-refractivity contribution in [3.8, 4) is 5.88 Å². The number of sulfone groups is 1. The van der Waals surface area contributed by atoms with Crippen molar-refractivity contribution in [1.29, 1.82) is 0 Å². The Bertz CT molecular complexity index is 966. The van der Waals surface area contributed by atoms with E-state index in [4.69, 9.17) is 9.26 Å². The third-order valence-electron chi connectivity index (χ3n) is 6.32. The number of hydrogen-bond donors (Lipinski definition) is 0. The van der Waals surface area contributed by atoms with Gasteiger partial charge in [0.15, 0.2) is 9.84 Å². The first-order valence-electron chi connectivity index (χ1n) is 11.2. The van der Waals surface area contributed by atoms with Gasteiger partial charge in [0.05, 0.1) is 11.5 Å². The Morgan fingerprint density at radius 1 is 1.26 bits per heavy atom. The summed E-state index contributed by atoms with van der Waals surface area (Å²) in [6.45, 7) is 6.89. The van der Waals surface area contributed by atoms with Gasteiger partial charge in [0.1, 0.15) is 0 Å². The van der Waals surface area contributed by atoms with Gasteiger partial charge in [0, 0.05) is 38.0 Å². The fraction of sp³-hybridized carbons (Fsp3) is 0.682. The Labute approximate surface area is 184 Å². The van der Waals surface area contributed by atoms with E-state index < -0.39 is 9.84 Å². The molecule has 170 valence electrons. The van der Waals surface area contributed by atoms with Crippen LogP contribution in [0.1, 0.15) is 45.4 Å². The fourth-order valence-corrected chi connectivity index (χ4v) is 5.06. The second-order valence-corrected chi connectivity index (χ2v) is 11.3. The van der Waals surface area contributed by atoms with Crippen LogP contribution >= 0.6 is 0 Å². The molecule has 2 aromatic heterocycles. The van der Waals surface area contributed by atoms with Gasteiger partial charge in [-0.3, -0.25) is 0 Å². The van der Waals surface area contributed by atoms with Crippen LogP contribution in [0.15, 0.2) is 27.7 Å². The van der Waals surface area contributed by atoms with Crippen LogP contribution in [0.4, 0.5) is 5.95 Å². The summed E-state index contributed by atoms with van der Waals surface area (Å²) in [4.78, 5) is 11.1. The van der Waals surface area contributed by atoms with E-state index in [1.165, 1.54) is 31.7 Å². The predicted octanol–water partition coefficient (Wildman–Crippen LogP) is 3.39. The topological polar surface area (TPSA) is 98.4 Å². The lowest BCUT2D eigenvalue weighted by atomic mass is 9.90. The minimum Gasteiger partial charge on any atom is -0.478 e. The molecule has 2 atom stereocenters. The SMILES string of the molecule is CC(C)Cc1nc(N2CCC([C@H]3C[C@H]3CCOc3ccc(S(C)(=O)=O)cn3)CC2)no1. The van der Waals surface area contributed by atoms with E-state index in [1.807, 2.05) is 0 Å². The van der Waals surface area contributed by atoms with E-state index >= 15 is 0 Å². The van der Waals surface area contributed by atoms with Gasteiger partial charge >= 0.3 is 0 Å². The van der Waals surface area contributed by atoms with Gasteiger partial charge in [0.25, 0.3) is 5.95 Å².